The van der Waals surface area contributed by atoms with Gasteiger partial charge in [0, 0.05) is 12.7 Å². The summed E-state index contributed by atoms with van der Waals surface area (Å²) in [5.41, 5.74) is 2.64. The summed E-state index contributed by atoms with van der Waals surface area (Å²) in [6.45, 7) is 0. The summed E-state index contributed by atoms with van der Waals surface area (Å²) in [6.07, 6.45) is 3.63. The van der Waals surface area contributed by atoms with Gasteiger partial charge in [0.05, 0.1) is 17.7 Å². The molecule has 0 radical (unpaired) electrons. The Kier molecular flexibility index (Phi) is 3.32. The fourth-order valence-electron chi connectivity index (χ4n) is 2.19. The minimum absolute atomic E-state index is 0.207. The van der Waals surface area contributed by atoms with E-state index in [1.807, 2.05) is 6.07 Å². The summed E-state index contributed by atoms with van der Waals surface area (Å²) < 4.78 is 11.9. The second-order valence-electron chi connectivity index (χ2n) is 3.77. The molecule has 0 N–H and O–H groups in total. The molecule has 15 heavy (non-hydrogen) atoms. The van der Waals surface area contributed by atoms with Gasteiger partial charge in [0.15, 0.2) is 0 Å². The minimum Gasteiger partial charge on any atom is -0.496 e. The first kappa shape index (κ1) is 11.0. The quantitative estimate of drug-likeness (QED) is 0.819. The number of hydrogen-bond acceptors (Lipinski definition) is 2. The van der Waals surface area contributed by atoms with E-state index in [0.29, 0.717) is 0 Å². The average Bonchev–Trinajstić information content (AvgIpc) is 2.29. The third-order valence-corrected chi connectivity index (χ3v) is 3.79. The number of ether oxygens (including phenoxy) is 2. The number of rotatable bonds is 2. The molecule has 0 aromatic heterocycles. The lowest BCUT2D eigenvalue weighted by Gasteiger charge is -2.26. The number of methoxy groups -OCH3 is 2. The van der Waals surface area contributed by atoms with Crippen LogP contribution in [0.5, 0.6) is 5.75 Å². The molecule has 1 aromatic carbocycles. The van der Waals surface area contributed by atoms with Gasteiger partial charge in [-0.25, -0.2) is 0 Å². The third kappa shape index (κ3) is 1.91. The van der Waals surface area contributed by atoms with Gasteiger partial charge in [-0.1, -0.05) is 6.07 Å². The van der Waals surface area contributed by atoms with Crippen molar-refractivity contribution in [3.63, 3.8) is 0 Å². The molecular weight excluding hydrogens is 256 g/mol. The Labute approximate surface area is 98.7 Å². The summed E-state index contributed by atoms with van der Waals surface area (Å²) in [5.74, 6) is 0.887. The van der Waals surface area contributed by atoms with Crippen LogP contribution in [0.1, 0.15) is 30.1 Å². The monoisotopic (exact) mass is 270 g/mol. The van der Waals surface area contributed by atoms with E-state index >= 15 is 0 Å². The van der Waals surface area contributed by atoms with Crippen LogP contribution in [0.25, 0.3) is 0 Å². The Morgan fingerprint density at radius 3 is 2.80 bits per heavy atom. The summed E-state index contributed by atoms with van der Waals surface area (Å²) in [5, 5.41) is 0. The third-order valence-electron chi connectivity index (χ3n) is 2.97. The molecule has 3 heteroatoms. The lowest BCUT2D eigenvalue weighted by molar-refractivity contribution is 0.0872. The van der Waals surface area contributed by atoms with Gasteiger partial charge in [-0.2, -0.15) is 0 Å². The van der Waals surface area contributed by atoms with Gasteiger partial charge >= 0.3 is 0 Å². The zero-order chi connectivity index (χ0) is 10.8. The van der Waals surface area contributed by atoms with Crippen molar-refractivity contribution in [3.8, 4) is 5.75 Å². The Morgan fingerprint density at radius 2 is 2.13 bits per heavy atom. The lowest BCUT2D eigenvalue weighted by atomic mass is 9.89. The van der Waals surface area contributed by atoms with Crippen molar-refractivity contribution >= 4 is 15.9 Å². The van der Waals surface area contributed by atoms with Crippen LogP contribution in [0.2, 0.25) is 0 Å². The van der Waals surface area contributed by atoms with Gasteiger partial charge in [0.2, 0.25) is 0 Å². The van der Waals surface area contributed by atoms with Crippen LogP contribution < -0.4 is 4.74 Å². The molecule has 1 aliphatic rings. The molecule has 1 aliphatic carbocycles. The molecule has 0 unspecified atom stereocenters. The van der Waals surface area contributed by atoms with E-state index in [1.165, 1.54) is 17.5 Å². The van der Waals surface area contributed by atoms with Crippen molar-refractivity contribution in [1.29, 1.82) is 0 Å². The molecule has 2 nitrogen and oxygen atoms in total. The summed E-state index contributed by atoms with van der Waals surface area (Å²) in [4.78, 5) is 0. The average molecular weight is 271 g/mol. The molecule has 0 fully saturated rings. The van der Waals surface area contributed by atoms with Crippen LogP contribution in [0, 0.1) is 0 Å². The molecular formula is C12H15BrO2. The first-order chi connectivity index (χ1) is 7.27. The van der Waals surface area contributed by atoms with E-state index in [-0.39, 0.29) is 6.10 Å². The number of hydrogen-bond donors (Lipinski definition) is 0. The molecule has 0 heterocycles. The molecule has 0 saturated heterocycles. The summed E-state index contributed by atoms with van der Waals surface area (Å²) in [7, 11) is 3.46. The molecule has 1 aromatic rings. The zero-order valence-corrected chi connectivity index (χ0v) is 10.6. The van der Waals surface area contributed by atoms with E-state index in [9.17, 15) is 0 Å². The van der Waals surface area contributed by atoms with Gasteiger partial charge in [-0.15, -0.1) is 0 Å². The number of aryl methyl sites for hydroxylation is 1. The van der Waals surface area contributed by atoms with E-state index in [1.54, 1.807) is 14.2 Å². The fraction of sp³-hybridized carbons (Fsp3) is 0.500. The summed E-state index contributed by atoms with van der Waals surface area (Å²) >= 11 is 3.60. The lowest BCUT2D eigenvalue weighted by Crippen LogP contribution is -2.12. The highest BCUT2D eigenvalue weighted by Crippen LogP contribution is 2.41. The zero-order valence-electron chi connectivity index (χ0n) is 9.05. The maximum atomic E-state index is 5.51. The van der Waals surface area contributed by atoms with Gasteiger partial charge in [-0.3, -0.25) is 0 Å². The van der Waals surface area contributed by atoms with Crippen molar-refractivity contribution < 1.29 is 9.47 Å². The first-order valence-electron chi connectivity index (χ1n) is 5.16. The van der Waals surface area contributed by atoms with Crippen molar-refractivity contribution in [2.45, 2.75) is 25.4 Å². The van der Waals surface area contributed by atoms with Crippen molar-refractivity contribution in [1.82, 2.24) is 0 Å². The fourth-order valence-corrected chi connectivity index (χ4v) is 3.00. The van der Waals surface area contributed by atoms with E-state index in [0.717, 1.165) is 23.1 Å². The summed E-state index contributed by atoms with van der Waals surface area (Å²) in [6, 6.07) is 4.16. The topological polar surface area (TPSA) is 18.5 Å². The second kappa shape index (κ2) is 4.54. The van der Waals surface area contributed by atoms with Gasteiger partial charge < -0.3 is 9.47 Å². The van der Waals surface area contributed by atoms with Crippen molar-refractivity contribution in [2.75, 3.05) is 14.2 Å². The maximum absolute atomic E-state index is 5.51. The largest absolute Gasteiger partial charge is 0.496 e. The van der Waals surface area contributed by atoms with Crippen LogP contribution in [-0.2, 0) is 11.2 Å². The van der Waals surface area contributed by atoms with Crippen LogP contribution in [-0.4, -0.2) is 14.2 Å². The molecule has 2 rings (SSSR count). The predicted octanol–water partition coefficient (Wildman–Crippen LogP) is 3.48. The van der Waals surface area contributed by atoms with E-state index < -0.39 is 0 Å². The highest BCUT2D eigenvalue weighted by atomic mass is 79.9. The number of benzene rings is 1. The first-order valence-corrected chi connectivity index (χ1v) is 5.95. The van der Waals surface area contributed by atoms with Crippen LogP contribution in [0.4, 0.5) is 0 Å². The Balaban J connectivity index is 2.51. The maximum Gasteiger partial charge on any atom is 0.133 e. The molecule has 0 aliphatic heterocycles. The van der Waals surface area contributed by atoms with Crippen LogP contribution in [0.3, 0.4) is 0 Å². The van der Waals surface area contributed by atoms with Crippen LogP contribution in [0.15, 0.2) is 16.6 Å². The van der Waals surface area contributed by atoms with Gasteiger partial charge in [-0.05, 0) is 46.8 Å². The predicted molar refractivity (Wildman–Crippen MR) is 63.4 cm³/mol. The van der Waals surface area contributed by atoms with E-state index in [2.05, 4.69) is 22.0 Å². The highest BCUT2D eigenvalue weighted by Gasteiger charge is 2.24. The number of fused-ring (bicyclic) bond motifs is 1. The standard InChI is InChI=1S/C12H15BrO2/c1-14-9-5-3-4-8-6-7-10(15-2)12(13)11(8)9/h6-7,9H,3-5H2,1-2H3/t9-/m1/s1. The highest BCUT2D eigenvalue weighted by molar-refractivity contribution is 9.10. The minimum atomic E-state index is 0.207. The van der Waals surface area contributed by atoms with Gasteiger partial charge in [0.25, 0.3) is 0 Å². The molecule has 82 valence electrons. The molecule has 0 amide bonds. The van der Waals surface area contributed by atoms with E-state index in [4.69, 9.17) is 9.47 Å². The Hall–Kier alpha value is -0.540. The normalized spacial score (nSPS) is 19.8. The molecule has 0 bridgehead atoms. The number of halogens is 1. The molecule has 1 atom stereocenters. The van der Waals surface area contributed by atoms with Crippen molar-refractivity contribution in [2.24, 2.45) is 0 Å². The Bertz CT molecular complexity index is 363. The smallest absolute Gasteiger partial charge is 0.133 e. The van der Waals surface area contributed by atoms with Crippen LogP contribution >= 0.6 is 15.9 Å². The SMILES string of the molecule is COc1ccc2c(c1Br)[C@H](OC)CCC2. The second-order valence-corrected chi connectivity index (χ2v) is 4.56. The van der Waals surface area contributed by atoms with Gasteiger partial charge in [0.1, 0.15) is 5.75 Å². The van der Waals surface area contributed by atoms with Crippen molar-refractivity contribution in [3.05, 3.63) is 27.7 Å². The molecule has 0 spiro atoms. The molecule has 0 saturated carbocycles. The Morgan fingerprint density at radius 1 is 1.33 bits per heavy atom.